The average molecular weight is 861 g/mol. The van der Waals surface area contributed by atoms with E-state index in [1.807, 2.05) is 87.6 Å². The Hall–Kier alpha value is -3.51. The molecule has 0 N–H and O–H groups in total. The number of para-hydroxylation sites is 3. The minimum Gasteiger partial charge on any atom is 0 e. The Morgan fingerprint density at radius 3 is 2.32 bits per heavy atom. The van der Waals surface area contributed by atoms with Crippen LogP contribution >= 0.6 is 0 Å². The maximum absolute atomic E-state index is 8.76. The fourth-order valence-corrected chi connectivity index (χ4v) is 8.79. The minimum absolute atomic E-state index is 0. The predicted molar refractivity (Wildman–Crippen MR) is 196 cm³/mol. The molecule has 3 aromatic heterocycles. The molecule has 47 heavy (non-hydrogen) atoms. The maximum Gasteiger partial charge on any atom is 0 e. The molecule has 0 aliphatic heterocycles. The Labute approximate surface area is 298 Å². The van der Waals surface area contributed by atoms with Crippen LogP contribution < -0.4 is 4.40 Å². The third-order valence-electron chi connectivity index (χ3n) is 7.88. The summed E-state index contributed by atoms with van der Waals surface area (Å²) in [5.41, 5.74) is 6.82. The molecule has 4 nitrogen and oxygen atoms in total. The van der Waals surface area contributed by atoms with Gasteiger partial charge in [0.25, 0.3) is 0 Å². The van der Waals surface area contributed by atoms with Crippen LogP contribution in [0.5, 0.6) is 0 Å². The molecule has 4 aromatic carbocycles. The number of nitrogens with zero attached hydrogens (tertiary/aromatic N) is 3. The van der Waals surface area contributed by atoms with E-state index < -0.39 is 25.1 Å². The molecule has 3 heterocycles. The second kappa shape index (κ2) is 13.9. The van der Waals surface area contributed by atoms with Gasteiger partial charge in [0.1, 0.15) is 5.58 Å². The molecular weight excluding hydrogens is 815 g/mol. The van der Waals surface area contributed by atoms with Crippen LogP contribution in [0.4, 0.5) is 0 Å². The van der Waals surface area contributed by atoms with Crippen LogP contribution in [0.3, 0.4) is 0 Å². The van der Waals surface area contributed by atoms with E-state index in [2.05, 4.69) is 83.1 Å². The van der Waals surface area contributed by atoms with Gasteiger partial charge in [-0.3, -0.25) is 4.98 Å². The van der Waals surface area contributed by atoms with Gasteiger partial charge in [-0.15, -0.1) is 18.2 Å². The molecule has 6 heteroatoms. The van der Waals surface area contributed by atoms with Gasteiger partial charge < -0.3 is 8.98 Å². The van der Waals surface area contributed by atoms with Crippen LogP contribution in [0.15, 0.2) is 102 Å². The van der Waals surface area contributed by atoms with Crippen LogP contribution in [0.25, 0.3) is 55.6 Å². The Morgan fingerprint density at radius 2 is 1.62 bits per heavy atom. The van der Waals surface area contributed by atoms with E-state index in [0.29, 0.717) is 0 Å². The summed E-state index contributed by atoms with van der Waals surface area (Å²) in [5, 5.41) is 2.23. The molecule has 0 saturated heterocycles. The largest absolute Gasteiger partial charge is 0 e. The van der Waals surface area contributed by atoms with Crippen LogP contribution in [0.2, 0.25) is 17.3 Å². The van der Waals surface area contributed by atoms with Crippen LogP contribution in [0.1, 0.15) is 49.0 Å². The number of imidazole rings is 1. The van der Waals surface area contributed by atoms with Gasteiger partial charge in [0.2, 0.25) is 0 Å². The van der Waals surface area contributed by atoms with Crippen molar-refractivity contribution in [3.63, 3.8) is 0 Å². The summed E-state index contributed by atoms with van der Waals surface area (Å²) in [6.45, 7) is 10.2. The number of hydrogen-bond donors (Lipinski definition) is 0. The second-order valence-corrected chi connectivity index (χ2v) is 24.7. The van der Waals surface area contributed by atoms with Gasteiger partial charge in [-0.2, -0.15) is 0 Å². The first-order chi connectivity index (χ1) is 22.7. The first-order valence-electron chi connectivity index (χ1n) is 17.0. The monoisotopic (exact) mass is 862 g/mol. The Balaban J connectivity index is 0.000000188. The van der Waals surface area contributed by atoms with Crippen molar-refractivity contribution in [3.8, 4) is 22.6 Å². The zero-order valence-corrected chi connectivity index (χ0v) is 32.9. The van der Waals surface area contributed by atoms with Gasteiger partial charge >= 0.3 is 135 Å². The van der Waals surface area contributed by atoms with Gasteiger partial charge in [0.05, 0.1) is 22.4 Å². The standard InChI is InChI=1S/C22H17N2O.C19H26GeN.Ir/c1-14(2)24-19-12-5-4-11-18(19)23-22(24)17-10-7-9-16-15-8-3-6-13-20(15)25-21(16)17;1-19(2,3)13-16-12-18(15-10-8-7-9-11-15)21-14-17(16)20(4,5)6;/h3-9,11-14H,1-2H3;7-10,12,14H,13H2,1-6H3;/q2*-1;/i;13D2;. The fourth-order valence-electron chi connectivity index (χ4n) is 5.86. The molecule has 0 bridgehead atoms. The summed E-state index contributed by atoms with van der Waals surface area (Å²) >= 11 is -2.24. The van der Waals surface area contributed by atoms with Gasteiger partial charge in [-0.05, 0) is 32.0 Å². The fraction of sp³-hybridized carbons (Fsp3) is 0.268. The molecule has 0 spiro atoms. The summed E-state index contributed by atoms with van der Waals surface area (Å²) in [5.74, 6) is 7.76. The molecule has 0 aliphatic rings. The quantitative estimate of drug-likeness (QED) is 0.128. The first kappa shape index (κ1) is 32.1. The van der Waals surface area contributed by atoms with E-state index in [1.165, 1.54) is 0 Å². The molecule has 0 aliphatic carbocycles. The third kappa shape index (κ3) is 7.48. The number of furan rings is 1. The van der Waals surface area contributed by atoms with Crippen molar-refractivity contribution in [3.05, 3.63) is 115 Å². The van der Waals surface area contributed by atoms with E-state index >= 15 is 0 Å². The summed E-state index contributed by atoms with van der Waals surface area (Å²) in [6.07, 6.45) is 0.502. The number of rotatable bonds is 5. The Morgan fingerprint density at radius 1 is 0.894 bits per heavy atom. The summed E-state index contributed by atoms with van der Waals surface area (Å²) < 4.78 is 27.1. The predicted octanol–water partition coefficient (Wildman–Crippen LogP) is 10.7. The molecule has 0 fully saturated rings. The van der Waals surface area contributed by atoms with Crippen molar-refractivity contribution >= 4 is 50.6 Å². The van der Waals surface area contributed by atoms with Gasteiger partial charge in [-0.25, -0.2) is 0 Å². The first-order valence-corrected chi connectivity index (χ1v) is 23.3. The number of pyridine rings is 1. The number of hydrogen-bond acceptors (Lipinski definition) is 3. The van der Waals surface area contributed by atoms with Crippen molar-refractivity contribution in [2.24, 2.45) is 5.41 Å². The molecule has 7 aromatic rings. The van der Waals surface area contributed by atoms with Gasteiger partial charge in [0, 0.05) is 31.5 Å². The van der Waals surface area contributed by atoms with Crippen molar-refractivity contribution in [1.29, 1.82) is 0 Å². The van der Waals surface area contributed by atoms with Crippen molar-refractivity contribution in [2.75, 3.05) is 0 Å². The Kier molecular flexibility index (Phi) is 9.50. The number of aromatic nitrogens is 3. The summed E-state index contributed by atoms with van der Waals surface area (Å²) in [7, 11) is 0. The SMILES string of the molecule is CC(C)n1c(-c2[c-]ccc3c2oc2ccccc23)nc2ccccc21.[2H]C([2H])(c1cc(-c2[c-]cccc2)nc[c]1[Ge]([CH3])([CH3])[CH3])C(C)(C)C.[Ir]. The summed E-state index contributed by atoms with van der Waals surface area (Å²) in [4.78, 5) is 9.52. The van der Waals surface area contributed by atoms with E-state index in [0.717, 1.165) is 65.6 Å². The van der Waals surface area contributed by atoms with Crippen LogP contribution in [-0.4, -0.2) is 27.8 Å². The van der Waals surface area contributed by atoms with Crippen molar-refractivity contribution in [1.82, 2.24) is 14.5 Å². The molecular formula is C41H43GeIrN3O-2. The molecule has 0 atom stereocenters. The molecule has 7 rings (SSSR count). The smallest absolute Gasteiger partial charge is 0 e. The number of benzene rings is 4. The van der Waals surface area contributed by atoms with Crippen LogP contribution in [-0.2, 0) is 26.5 Å². The zero-order chi connectivity index (χ0) is 34.4. The minimum atomic E-state index is -2.24. The molecule has 1 radical (unpaired) electrons. The zero-order valence-electron chi connectivity index (χ0n) is 30.4. The van der Waals surface area contributed by atoms with Crippen LogP contribution in [0, 0.1) is 17.5 Å². The van der Waals surface area contributed by atoms with Crippen molar-refractivity contribution < 1.29 is 27.3 Å². The molecule has 0 saturated carbocycles. The van der Waals surface area contributed by atoms with E-state index in [-0.39, 0.29) is 26.1 Å². The molecule has 0 amide bonds. The Bertz CT molecular complexity index is 2230. The topological polar surface area (TPSA) is 43.9 Å². The van der Waals surface area contributed by atoms with E-state index in [9.17, 15) is 0 Å². The average Bonchev–Trinajstić information content (AvgIpc) is 3.63. The maximum atomic E-state index is 8.76. The third-order valence-corrected chi connectivity index (χ3v) is 12.1. The molecule has 243 valence electrons. The summed E-state index contributed by atoms with van der Waals surface area (Å²) in [6, 6.07) is 36.9. The van der Waals surface area contributed by atoms with E-state index in [4.69, 9.17) is 12.1 Å². The van der Waals surface area contributed by atoms with E-state index in [1.54, 1.807) is 0 Å². The normalized spacial score (nSPS) is 12.9. The van der Waals surface area contributed by atoms with Crippen molar-refractivity contribution in [2.45, 2.75) is 64.3 Å². The van der Waals surface area contributed by atoms with Gasteiger partial charge in [-0.1, -0.05) is 41.3 Å². The van der Waals surface area contributed by atoms with Gasteiger partial charge in [0.15, 0.2) is 0 Å². The molecule has 0 unspecified atom stereocenters. The second-order valence-electron chi connectivity index (χ2n) is 14.1. The number of fused-ring (bicyclic) bond motifs is 4.